The van der Waals surface area contributed by atoms with Crippen LogP contribution in [0.5, 0.6) is 0 Å². The molecule has 1 fully saturated rings. The van der Waals surface area contributed by atoms with Crippen molar-refractivity contribution in [1.29, 1.82) is 0 Å². The molecule has 6 rings (SSSR count). The van der Waals surface area contributed by atoms with E-state index in [0.717, 1.165) is 6.54 Å². The standard InChI is InChI=1S/C29H24N2/c1-4-12-22(13-5-1)20-30-27-25-18-10-11-19-26(25)29(24-16-8-3-9-17-24)28(27)31(29)21-23-14-6-2-7-15-23/h1-19,28H,20-21H2/t28-,29+,31?/m1/s1. The molecule has 4 aromatic carbocycles. The van der Waals surface area contributed by atoms with Gasteiger partial charge < -0.3 is 0 Å². The summed E-state index contributed by atoms with van der Waals surface area (Å²) in [7, 11) is 0. The third-order valence-electron chi connectivity index (χ3n) is 6.65. The minimum Gasteiger partial charge on any atom is -0.283 e. The van der Waals surface area contributed by atoms with Crippen LogP contribution >= 0.6 is 0 Å². The van der Waals surface area contributed by atoms with Crippen LogP contribution in [0.15, 0.2) is 120 Å². The monoisotopic (exact) mass is 400 g/mol. The molecule has 2 heteroatoms. The van der Waals surface area contributed by atoms with Gasteiger partial charge in [0.1, 0.15) is 0 Å². The van der Waals surface area contributed by atoms with Crippen molar-refractivity contribution >= 4 is 5.71 Å². The van der Waals surface area contributed by atoms with E-state index in [2.05, 4.69) is 120 Å². The van der Waals surface area contributed by atoms with Crippen LogP contribution in [0, 0.1) is 0 Å². The molecule has 1 aliphatic carbocycles. The van der Waals surface area contributed by atoms with Gasteiger partial charge in [0, 0.05) is 12.1 Å². The van der Waals surface area contributed by atoms with Gasteiger partial charge in [-0.2, -0.15) is 0 Å². The van der Waals surface area contributed by atoms with Gasteiger partial charge in [0.25, 0.3) is 0 Å². The molecule has 1 unspecified atom stereocenters. The van der Waals surface area contributed by atoms with Crippen molar-refractivity contribution in [3.05, 3.63) is 143 Å². The summed E-state index contributed by atoms with van der Waals surface area (Å²) in [5, 5.41) is 0. The Labute approximate surface area is 183 Å². The first-order valence-corrected chi connectivity index (χ1v) is 10.9. The molecule has 4 aromatic rings. The van der Waals surface area contributed by atoms with E-state index in [0.29, 0.717) is 6.54 Å². The molecular weight excluding hydrogens is 376 g/mol. The molecule has 0 amide bonds. The van der Waals surface area contributed by atoms with Gasteiger partial charge in [0.05, 0.1) is 23.8 Å². The molecule has 150 valence electrons. The molecule has 1 heterocycles. The molecule has 1 aliphatic heterocycles. The van der Waals surface area contributed by atoms with Gasteiger partial charge in [-0.25, -0.2) is 0 Å². The first kappa shape index (κ1) is 18.3. The summed E-state index contributed by atoms with van der Waals surface area (Å²) in [5.41, 5.74) is 7.73. The number of fused-ring (bicyclic) bond motifs is 3. The lowest BCUT2D eigenvalue weighted by Gasteiger charge is -2.20. The molecular formula is C29H24N2. The normalized spacial score (nSPS) is 24.6. The zero-order chi connectivity index (χ0) is 20.7. The van der Waals surface area contributed by atoms with E-state index in [1.807, 2.05) is 0 Å². The van der Waals surface area contributed by atoms with Crippen LogP contribution in [-0.4, -0.2) is 16.7 Å². The molecule has 0 N–H and O–H groups in total. The van der Waals surface area contributed by atoms with E-state index >= 15 is 0 Å². The summed E-state index contributed by atoms with van der Waals surface area (Å²) in [6.45, 7) is 1.63. The second kappa shape index (κ2) is 7.33. The number of hydrogen-bond donors (Lipinski definition) is 0. The lowest BCUT2D eigenvalue weighted by Crippen LogP contribution is -2.19. The molecule has 0 aromatic heterocycles. The van der Waals surface area contributed by atoms with Crippen molar-refractivity contribution in [1.82, 2.24) is 4.90 Å². The second-order valence-electron chi connectivity index (χ2n) is 8.38. The summed E-state index contributed by atoms with van der Waals surface area (Å²) in [4.78, 5) is 7.81. The van der Waals surface area contributed by atoms with Crippen LogP contribution in [-0.2, 0) is 18.6 Å². The lowest BCUT2D eigenvalue weighted by atomic mass is 9.91. The molecule has 31 heavy (non-hydrogen) atoms. The van der Waals surface area contributed by atoms with Gasteiger partial charge in [-0.1, -0.05) is 115 Å². The fourth-order valence-corrected chi connectivity index (χ4v) is 5.28. The van der Waals surface area contributed by atoms with Crippen molar-refractivity contribution < 1.29 is 0 Å². The number of rotatable bonds is 5. The second-order valence-corrected chi connectivity index (χ2v) is 8.38. The topological polar surface area (TPSA) is 15.4 Å². The van der Waals surface area contributed by atoms with Crippen molar-refractivity contribution in [2.45, 2.75) is 24.7 Å². The predicted octanol–water partition coefficient (Wildman–Crippen LogP) is 5.82. The third kappa shape index (κ3) is 2.87. The average molecular weight is 401 g/mol. The smallest absolute Gasteiger partial charge is 0.0947 e. The predicted molar refractivity (Wildman–Crippen MR) is 126 cm³/mol. The molecule has 0 bridgehead atoms. The van der Waals surface area contributed by atoms with Crippen LogP contribution in [0.3, 0.4) is 0 Å². The van der Waals surface area contributed by atoms with Gasteiger partial charge in [0.2, 0.25) is 0 Å². The minimum absolute atomic E-state index is 0.122. The largest absolute Gasteiger partial charge is 0.283 e. The fraction of sp³-hybridized carbons (Fsp3) is 0.138. The Kier molecular flexibility index (Phi) is 4.33. The first-order chi connectivity index (χ1) is 15.4. The van der Waals surface area contributed by atoms with Crippen molar-refractivity contribution in [3.8, 4) is 0 Å². The number of nitrogens with zero attached hydrogens (tertiary/aromatic N) is 2. The van der Waals surface area contributed by atoms with E-state index < -0.39 is 0 Å². The van der Waals surface area contributed by atoms with Gasteiger partial charge in [-0.15, -0.1) is 0 Å². The zero-order valence-corrected chi connectivity index (χ0v) is 17.4. The van der Waals surface area contributed by atoms with Crippen LogP contribution in [0.1, 0.15) is 27.8 Å². The Morgan fingerprint density at radius 3 is 1.94 bits per heavy atom. The van der Waals surface area contributed by atoms with E-state index in [9.17, 15) is 0 Å². The maximum atomic E-state index is 5.19. The van der Waals surface area contributed by atoms with Gasteiger partial charge in [-0.3, -0.25) is 9.89 Å². The van der Waals surface area contributed by atoms with Crippen molar-refractivity contribution in [2.75, 3.05) is 0 Å². The highest BCUT2D eigenvalue weighted by atomic mass is 15.4. The Bertz CT molecular complexity index is 1230. The minimum atomic E-state index is -0.122. The maximum absolute atomic E-state index is 5.19. The Hall–Kier alpha value is -3.49. The van der Waals surface area contributed by atoms with Crippen molar-refractivity contribution in [2.24, 2.45) is 4.99 Å². The quantitative estimate of drug-likeness (QED) is 0.386. The van der Waals surface area contributed by atoms with E-state index in [1.165, 1.54) is 33.5 Å². The van der Waals surface area contributed by atoms with Gasteiger partial charge in [-0.05, 0) is 22.3 Å². The summed E-state index contributed by atoms with van der Waals surface area (Å²) in [6, 6.07) is 41.4. The zero-order valence-electron chi connectivity index (χ0n) is 17.4. The summed E-state index contributed by atoms with van der Waals surface area (Å²) in [5.74, 6) is 0. The molecule has 1 saturated heterocycles. The van der Waals surface area contributed by atoms with Gasteiger partial charge >= 0.3 is 0 Å². The lowest BCUT2D eigenvalue weighted by molar-refractivity contribution is 0.439. The average Bonchev–Trinajstić information content (AvgIpc) is 3.38. The first-order valence-electron chi connectivity index (χ1n) is 10.9. The Morgan fingerprint density at radius 1 is 0.645 bits per heavy atom. The van der Waals surface area contributed by atoms with E-state index in [1.54, 1.807) is 0 Å². The number of benzene rings is 4. The molecule has 2 nitrogen and oxygen atoms in total. The molecule has 0 radical (unpaired) electrons. The molecule has 2 aliphatic rings. The molecule has 0 saturated carbocycles. The summed E-state index contributed by atoms with van der Waals surface area (Å²) in [6.07, 6.45) is 0. The highest BCUT2D eigenvalue weighted by molar-refractivity contribution is 6.14. The van der Waals surface area contributed by atoms with E-state index in [4.69, 9.17) is 4.99 Å². The Balaban J connectivity index is 1.47. The molecule has 3 atom stereocenters. The highest BCUT2D eigenvalue weighted by Gasteiger charge is 2.71. The molecule has 0 spiro atoms. The van der Waals surface area contributed by atoms with Crippen LogP contribution in [0.2, 0.25) is 0 Å². The summed E-state index contributed by atoms with van der Waals surface area (Å²) >= 11 is 0. The Morgan fingerprint density at radius 2 is 1.23 bits per heavy atom. The van der Waals surface area contributed by atoms with Crippen LogP contribution in [0.4, 0.5) is 0 Å². The fourth-order valence-electron chi connectivity index (χ4n) is 5.28. The maximum Gasteiger partial charge on any atom is 0.0947 e. The van der Waals surface area contributed by atoms with Crippen LogP contribution in [0.25, 0.3) is 0 Å². The highest BCUT2D eigenvalue weighted by Crippen LogP contribution is 2.62. The SMILES string of the molecule is c1ccc(CN=C2c3ccccc3[C@@]3(c4ccccc4)[C@@H]2N3Cc2ccccc2)cc1. The number of aliphatic imine (C=N–C) groups is 1. The third-order valence-corrected chi connectivity index (χ3v) is 6.65. The van der Waals surface area contributed by atoms with Crippen molar-refractivity contribution in [3.63, 3.8) is 0 Å². The van der Waals surface area contributed by atoms with Gasteiger partial charge in [0.15, 0.2) is 0 Å². The summed E-state index contributed by atoms with van der Waals surface area (Å²) < 4.78 is 0. The van der Waals surface area contributed by atoms with E-state index in [-0.39, 0.29) is 11.6 Å². The van der Waals surface area contributed by atoms with Crippen LogP contribution < -0.4 is 0 Å². The number of hydrogen-bond acceptors (Lipinski definition) is 2.